The first-order valence-electron chi connectivity index (χ1n) is 6.11. The van der Waals surface area contributed by atoms with E-state index in [0.717, 1.165) is 12.8 Å². The second kappa shape index (κ2) is 7.29. The summed E-state index contributed by atoms with van der Waals surface area (Å²) in [6.07, 6.45) is 1.34. The summed E-state index contributed by atoms with van der Waals surface area (Å²) in [5.41, 5.74) is 0. The number of aliphatic hydroxyl groups is 2. The molecule has 1 aliphatic heterocycles. The van der Waals surface area contributed by atoms with Gasteiger partial charge in [0.15, 0.2) is 0 Å². The van der Waals surface area contributed by atoms with Crippen LogP contribution in [0, 0.1) is 0 Å². The molecule has 1 unspecified atom stereocenters. The van der Waals surface area contributed by atoms with E-state index in [2.05, 4.69) is 8.37 Å². The van der Waals surface area contributed by atoms with Crippen molar-refractivity contribution in [2.24, 2.45) is 0 Å². The minimum absolute atomic E-state index is 0.00906. The Morgan fingerprint density at radius 2 is 2.05 bits per heavy atom. The van der Waals surface area contributed by atoms with Gasteiger partial charge in [-0.25, -0.2) is 4.79 Å². The van der Waals surface area contributed by atoms with Crippen molar-refractivity contribution in [1.29, 1.82) is 0 Å². The Hall–Kier alpha value is -0.780. The predicted octanol–water partition coefficient (Wildman–Crippen LogP) is -0.965. The zero-order valence-corrected chi connectivity index (χ0v) is 11.8. The van der Waals surface area contributed by atoms with Gasteiger partial charge < -0.3 is 19.7 Å². The first kappa shape index (κ1) is 17.3. The molecule has 118 valence electrons. The van der Waals surface area contributed by atoms with Crippen molar-refractivity contribution in [3.63, 3.8) is 0 Å². The highest BCUT2D eigenvalue weighted by atomic mass is 32.3. The lowest BCUT2D eigenvalue weighted by Gasteiger charge is -2.32. The molecule has 0 radical (unpaired) electrons. The van der Waals surface area contributed by atoms with Gasteiger partial charge in [0.2, 0.25) is 0 Å². The molecule has 0 bridgehead atoms. The van der Waals surface area contributed by atoms with Crippen LogP contribution in [0.2, 0.25) is 0 Å². The normalized spacial score (nSPS) is 20.9. The molecule has 0 spiro atoms. The van der Waals surface area contributed by atoms with Gasteiger partial charge in [0.1, 0.15) is 6.10 Å². The van der Waals surface area contributed by atoms with Crippen molar-refractivity contribution in [2.75, 3.05) is 19.8 Å². The lowest BCUT2D eigenvalue weighted by Crippen LogP contribution is -2.57. The van der Waals surface area contributed by atoms with Crippen molar-refractivity contribution in [3.05, 3.63) is 0 Å². The Bertz CT molecular complexity index is 406. The van der Waals surface area contributed by atoms with Gasteiger partial charge in [0.25, 0.3) is 0 Å². The second-order valence-corrected chi connectivity index (χ2v) is 5.27. The lowest BCUT2D eigenvalue weighted by molar-refractivity contribution is -0.318. The van der Waals surface area contributed by atoms with Gasteiger partial charge in [0, 0.05) is 0 Å². The average molecular weight is 314 g/mol. The average Bonchev–Trinajstić information content (AvgIpc) is 2.33. The molecule has 0 aromatic carbocycles. The van der Waals surface area contributed by atoms with Crippen LogP contribution in [0.3, 0.4) is 0 Å². The largest absolute Gasteiger partial charge is 0.454 e. The summed E-state index contributed by atoms with van der Waals surface area (Å²) in [7, 11) is -4.32. The minimum Gasteiger partial charge on any atom is -0.454 e. The summed E-state index contributed by atoms with van der Waals surface area (Å²) >= 11 is 0. The molecule has 0 amide bonds. The summed E-state index contributed by atoms with van der Waals surface area (Å²) in [6, 6.07) is 0. The number of rotatable bonds is 9. The Morgan fingerprint density at radius 1 is 1.40 bits per heavy atom. The number of esters is 1. The number of hydrogen-bond acceptors (Lipinski definition) is 9. The number of carbonyl (C=O) groups excluding carboxylic acids is 1. The van der Waals surface area contributed by atoms with Crippen LogP contribution in [-0.2, 0) is 33.0 Å². The highest BCUT2D eigenvalue weighted by molar-refractivity contribution is 7.82. The smallest absolute Gasteiger partial charge is 0.416 e. The maximum atomic E-state index is 11.5. The second-order valence-electron chi connectivity index (χ2n) is 4.12. The highest BCUT2D eigenvalue weighted by Gasteiger charge is 2.59. The summed E-state index contributed by atoms with van der Waals surface area (Å²) in [6.45, 7) is 1.84. The molecule has 0 saturated carbocycles. The third-order valence-corrected chi connectivity index (χ3v) is 3.24. The number of ether oxygens (including phenoxy) is 2. The molecule has 1 fully saturated rings. The van der Waals surface area contributed by atoms with Crippen molar-refractivity contribution >= 4 is 16.4 Å². The van der Waals surface area contributed by atoms with Gasteiger partial charge in [-0.3, -0.25) is 0 Å². The Labute approximate surface area is 116 Å². The molecular weight excluding hydrogens is 296 g/mol. The number of aliphatic hydroxyl groups excluding tert-OH is 1. The molecule has 1 saturated heterocycles. The van der Waals surface area contributed by atoms with E-state index in [9.17, 15) is 18.3 Å². The van der Waals surface area contributed by atoms with Crippen molar-refractivity contribution in [3.8, 4) is 0 Å². The number of unbranched alkanes of at least 4 members (excludes halogenated alkanes) is 1. The SMILES string of the molecule is CCCCC(COCCO)OC(=O)C1(O)OS(=O)(=O)O1. The van der Waals surface area contributed by atoms with E-state index in [1.165, 1.54) is 0 Å². The molecule has 9 nitrogen and oxygen atoms in total. The Kier molecular flexibility index (Phi) is 6.30. The fourth-order valence-corrected chi connectivity index (χ4v) is 2.17. The maximum Gasteiger partial charge on any atom is 0.416 e. The molecule has 0 aromatic heterocycles. The molecule has 2 N–H and O–H groups in total. The fraction of sp³-hybridized carbons (Fsp3) is 0.900. The van der Waals surface area contributed by atoms with E-state index in [0.29, 0.717) is 6.42 Å². The molecule has 0 aromatic rings. The van der Waals surface area contributed by atoms with E-state index in [-0.39, 0.29) is 19.8 Å². The van der Waals surface area contributed by atoms with Gasteiger partial charge in [-0.2, -0.15) is 16.8 Å². The van der Waals surface area contributed by atoms with Crippen LogP contribution in [0.25, 0.3) is 0 Å². The van der Waals surface area contributed by atoms with Gasteiger partial charge in [-0.05, 0) is 12.8 Å². The predicted molar refractivity (Wildman–Crippen MR) is 63.3 cm³/mol. The lowest BCUT2D eigenvalue weighted by atomic mass is 10.2. The van der Waals surface area contributed by atoms with E-state index in [1.54, 1.807) is 0 Å². The number of carbonyl (C=O) groups is 1. The Morgan fingerprint density at radius 3 is 2.55 bits per heavy atom. The molecule has 1 heterocycles. The van der Waals surface area contributed by atoms with E-state index in [1.807, 2.05) is 6.92 Å². The summed E-state index contributed by atoms with van der Waals surface area (Å²) < 4.78 is 39.1. The standard InChI is InChI=1S/C10H18O9S/c1-2-3-4-8(7-16-6-5-11)17-9(12)10(13)18-20(14,15)19-10/h8,11,13H,2-7H2,1H3. The first-order valence-corrected chi connectivity index (χ1v) is 7.44. The summed E-state index contributed by atoms with van der Waals surface area (Å²) in [5.74, 6) is -4.28. The summed E-state index contributed by atoms with van der Waals surface area (Å²) in [5, 5.41) is 18.0. The summed E-state index contributed by atoms with van der Waals surface area (Å²) in [4.78, 5) is 11.5. The van der Waals surface area contributed by atoms with Gasteiger partial charge in [-0.1, -0.05) is 13.3 Å². The highest BCUT2D eigenvalue weighted by Crippen LogP contribution is 2.30. The van der Waals surface area contributed by atoms with Crippen LogP contribution in [0.1, 0.15) is 26.2 Å². The van der Waals surface area contributed by atoms with Crippen LogP contribution < -0.4 is 0 Å². The maximum absolute atomic E-state index is 11.5. The van der Waals surface area contributed by atoms with Crippen LogP contribution >= 0.6 is 0 Å². The molecule has 20 heavy (non-hydrogen) atoms. The van der Waals surface area contributed by atoms with Crippen LogP contribution in [-0.4, -0.2) is 56.5 Å². The Balaban J connectivity index is 2.48. The topological polar surface area (TPSA) is 129 Å². The van der Waals surface area contributed by atoms with Crippen molar-refractivity contribution < 1.29 is 41.3 Å². The quantitative estimate of drug-likeness (QED) is 0.408. The molecule has 0 aliphatic carbocycles. The fourth-order valence-electron chi connectivity index (χ4n) is 1.46. The van der Waals surface area contributed by atoms with Gasteiger partial charge in [0.05, 0.1) is 19.8 Å². The molecule has 1 aliphatic rings. The number of hydrogen-bond donors (Lipinski definition) is 2. The van der Waals surface area contributed by atoms with Crippen LogP contribution in [0.4, 0.5) is 0 Å². The zero-order valence-electron chi connectivity index (χ0n) is 11.0. The molecule has 1 rings (SSSR count). The van der Waals surface area contributed by atoms with Gasteiger partial charge in [-0.15, -0.1) is 0 Å². The van der Waals surface area contributed by atoms with Crippen molar-refractivity contribution in [1.82, 2.24) is 0 Å². The van der Waals surface area contributed by atoms with Crippen molar-refractivity contribution in [2.45, 2.75) is 38.3 Å². The third kappa shape index (κ3) is 4.96. The monoisotopic (exact) mass is 314 g/mol. The molecular formula is C10H18O9S. The first-order chi connectivity index (χ1) is 9.33. The van der Waals surface area contributed by atoms with E-state index >= 15 is 0 Å². The van der Waals surface area contributed by atoms with E-state index in [4.69, 9.17) is 14.6 Å². The van der Waals surface area contributed by atoms with Gasteiger partial charge >= 0.3 is 22.3 Å². The van der Waals surface area contributed by atoms with E-state index < -0.39 is 28.4 Å². The van der Waals surface area contributed by atoms with Crippen LogP contribution in [0.5, 0.6) is 0 Å². The third-order valence-electron chi connectivity index (χ3n) is 2.38. The molecule has 1 atom stereocenters. The van der Waals surface area contributed by atoms with Crippen LogP contribution in [0.15, 0.2) is 0 Å². The molecule has 10 heteroatoms. The zero-order chi connectivity index (χ0) is 15.2. The minimum atomic E-state index is -4.32.